The second kappa shape index (κ2) is 8.84. The topological polar surface area (TPSA) is 104 Å². The van der Waals surface area contributed by atoms with Gasteiger partial charge in [0.15, 0.2) is 6.61 Å². The predicted molar refractivity (Wildman–Crippen MR) is 115 cm³/mol. The molecule has 0 saturated carbocycles. The van der Waals surface area contributed by atoms with E-state index in [9.17, 15) is 9.59 Å². The molecule has 156 valence electrons. The summed E-state index contributed by atoms with van der Waals surface area (Å²) in [4.78, 5) is 30.0. The van der Waals surface area contributed by atoms with Crippen LogP contribution < -0.4 is 15.6 Å². The number of fused-ring (bicyclic) bond motifs is 2. The Balaban J connectivity index is 1.47. The second-order valence-corrected chi connectivity index (χ2v) is 7.57. The fraction of sp³-hybridized carbons (Fsp3) is 0.250. The minimum absolute atomic E-state index is 0.263. The quantitative estimate of drug-likeness (QED) is 0.639. The van der Waals surface area contributed by atoms with Crippen LogP contribution in [-0.2, 0) is 17.6 Å². The number of carbonyl (C=O) groups is 2. The molecule has 1 heterocycles. The van der Waals surface area contributed by atoms with Crippen molar-refractivity contribution in [1.29, 1.82) is 5.26 Å². The van der Waals surface area contributed by atoms with Gasteiger partial charge < -0.3 is 4.74 Å². The van der Waals surface area contributed by atoms with Crippen LogP contribution in [0.25, 0.3) is 10.9 Å². The maximum absolute atomic E-state index is 13.1. The van der Waals surface area contributed by atoms with Gasteiger partial charge in [-0.3, -0.25) is 25.4 Å². The van der Waals surface area contributed by atoms with Crippen LogP contribution in [0.3, 0.4) is 0 Å². The molecule has 2 aromatic carbocycles. The summed E-state index contributed by atoms with van der Waals surface area (Å²) >= 11 is 0. The molecule has 0 radical (unpaired) electrons. The number of nitrogens with one attached hydrogen (secondary N) is 2. The van der Waals surface area contributed by atoms with Gasteiger partial charge in [-0.05, 0) is 74.6 Å². The second-order valence-electron chi connectivity index (χ2n) is 7.57. The number of amides is 2. The lowest BCUT2D eigenvalue weighted by Crippen LogP contribution is -2.44. The van der Waals surface area contributed by atoms with E-state index >= 15 is 0 Å². The summed E-state index contributed by atoms with van der Waals surface area (Å²) in [5.74, 6) is -0.380. The van der Waals surface area contributed by atoms with Crippen LogP contribution in [0.4, 0.5) is 0 Å². The number of hydrazine groups is 1. The highest BCUT2D eigenvalue weighted by Crippen LogP contribution is 2.29. The smallest absolute Gasteiger partial charge is 0.276 e. The number of benzene rings is 2. The van der Waals surface area contributed by atoms with Gasteiger partial charge in [-0.1, -0.05) is 11.6 Å². The summed E-state index contributed by atoms with van der Waals surface area (Å²) in [5, 5.41) is 9.61. The van der Waals surface area contributed by atoms with Crippen molar-refractivity contribution < 1.29 is 14.3 Å². The molecule has 0 unspecified atom stereocenters. The minimum Gasteiger partial charge on any atom is -0.484 e. The van der Waals surface area contributed by atoms with E-state index in [1.54, 1.807) is 24.3 Å². The first-order chi connectivity index (χ1) is 15.0. The summed E-state index contributed by atoms with van der Waals surface area (Å²) < 4.78 is 5.40. The molecule has 0 bridgehead atoms. The zero-order chi connectivity index (χ0) is 21.8. The van der Waals surface area contributed by atoms with Gasteiger partial charge in [0.1, 0.15) is 5.75 Å². The fourth-order valence-electron chi connectivity index (χ4n) is 3.80. The maximum Gasteiger partial charge on any atom is 0.276 e. The summed E-state index contributed by atoms with van der Waals surface area (Å²) in [6.07, 6.45) is 3.72. The zero-order valence-electron chi connectivity index (χ0n) is 17.2. The Labute approximate surface area is 180 Å². The fourth-order valence-corrected chi connectivity index (χ4v) is 3.80. The van der Waals surface area contributed by atoms with Crippen LogP contribution in [0.15, 0.2) is 42.5 Å². The lowest BCUT2D eigenvalue weighted by atomic mass is 9.89. The Kier molecular flexibility index (Phi) is 5.80. The summed E-state index contributed by atoms with van der Waals surface area (Å²) in [6.45, 7) is 1.71. The molecular weight excluding hydrogens is 392 g/mol. The van der Waals surface area contributed by atoms with Crippen molar-refractivity contribution in [1.82, 2.24) is 15.8 Å². The number of carbonyl (C=O) groups excluding carboxylic acids is 2. The van der Waals surface area contributed by atoms with Gasteiger partial charge >= 0.3 is 0 Å². The van der Waals surface area contributed by atoms with Crippen LogP contribution in [-0.4, -0.2) is 23.4 Å². The summed E-state index contributed by atoms with van der Waals surface area (Å²) in [6, 6.07) is 14.3. The molecule has 31 heavy (non-hydrogen) atoms. The Morgan fingerprint density at radius 1 is 1.10 bits per heavy atom. The van der Waals surface area contributed by atoms with Crippen LogP contribution >= 0.6 is 0 Å². The van der Waals surface area contributed by atoms with Gasteiger partial charge in [0.25, 0.3) is 11.8 Å². The molecule has 0 spiro atoms. The van der Waals surface area contributed by atoms with Gasteiger partial charge in [-0.2, -0.15) is 5.26 Å². The molecule has 1 aromatic heterocycles. The first-order valence-electron chi connectivity index (χ1n) is 10.2. The van der Waals surface area contributed by atoms with E-state index in [2.05, 4.69) is 10.9 Å². The average Bonchev–Trinajstić information content (AvgIpc) is 2.80. The molecule has 0 fully saturated rings. The third kappa shape index (κ3) is 4.48. The lowest BCUT2D eigenvalue weighted by molar-refractivity contribution is -0.123. The molecule has 0 saturated heterocycles. The third-order valence-electron chi connectivity index (χ3n) is 5.31. The molecular formula is C24H22N4O3. The minimum atomic E-state index is -0.485. The molecule has 2 N–H and O–H groups in total. The number of nitrogens with zero attached hydrogens (tertiary/aromatic N) is 2. The van der Waals surface area contributed by atoms with Crippen molar-refractivity contribution in [2.75, 3.05) is 6.61 Å². The van der Waals surface area contributed by atoms with Gasteiger partial charge in [-0.15, -0.1) is 0 Å². The number of aryl methyl sites for hydroxylation is 2. The molecule has 1 aliphatic carbocycles. The van der Waals surface area contributed by atoms with Crippen molar-refractivity contribution in [3.8, 4) is 11.8 Å². The average molecular weight is 414 g/mol. The standard InChI is InChI=1S/C24H22N4O3/c1-15-6-11-21-19(12-15)23(18-4-2-3-5-20(18)26-21)24(30)28-27-22(29)14-31-17-9-7-16(13-25)8-10-17/h6-12H,2-5,14H2,1H3,(H,27,29)(H,28,30). The number of rotatable bonds is 4. The lowest BCUT2D eigenvalue weighted by Gasteiger charge is -2.20. The highest BCUT2D eigenvalue weighted by atomic mass is 16.5. The molecule has 7 nitrogen and oxygen atoms in total. The summed E-state index contributed by atoms with van der Waals surface area (Å²) in [7, 11) is 0. The number of ether oxygens (including phenoxy) is 1. The molecule has 3 aromatic rings. The number of hydrogen-bond donors (Lipinski definition) is 2. The monoisotopic (exact) mass is 414 g/mol. The Morgan fingerprint density at radius 2 is 1.87 bits per heavy atom. The van der Waals surface area contributed by atoms with Gasteiger partial charge in [0, 0.05) is 11.1 Å². The van der Waals surface area contributed by atoms with E-state index in [4.69, 9.17) is 15.0 Å². The molecule has 4 rings (SSSR count). The van der Waals surface area contributed by atoms with E-state index in [1.165, 1.54) is 0 Å². The van der Waals surface area contributed by atoms with Gasteiger partial charge in [0.05, 0.1) is 22.7 Å². The number of nitriles is 1. The highest BCUT2D eigenvalue weighted by Gasteiger charge is 2.23. The molecule has 2 amide bonds. The van der Waals surface area contributed by atoms with E-state index in [0.29, 0.717) is 16.9 Å². The number of hydrogen-bond acceptors (Lipinski definition) is 5. The van der Waals surface area contributed by atoms with E-state index in [-0.39, 0.29) is 12.5 Å². The normalized spacial score (nSPS) is 12.5. The number of aromatic nitrogens is 1. The molecule has 7 heteroatoms. The van der Waals surface area contributed by atoms with Gasteiger partial charge in [0.2, 0.25) is 0 Å². The summed E-state index contributed by atoms with van der Waals surface area (Å²) in [5.41, 5.74) is 9.79. The van der Waals surface area contributed by atoms with Crippen molar-refractivity contribution >= 4 is 22.7 Å². The highest BCUT2D eigenvalue weighted by molar-refractivity contribution is 6.08. The van der Waals surface area contributed by atoms with Crippen LogP contribution in [0, 0.1) is 18.3 Å². The van der Waals surface area contributed by atoms with Crippen LogP contribution in [0.5, 0.6) is 5.75 Å². The largest absolute Gasteiger partial charge is 0.484 e. The van der Waals surface area contributed by atoms with E-state index < -0.39 is 5.91 Å². The van der Waals surface area contributed by atoms with Crippen molar-refractivity contribution in [2.45, 2.75) is 32.6 Å². The van der Waals surface area contributed by atoms with Crippen LogP contribution in [0.2, 0.25) is 0 Å². The SMILES string of the molecule is Cc1ccc2nc3c(c(C(=O)NNC(=O)COc4ccc(C#N)cc4)c2c1)CCCC3. The van der Waals surface area contributed by atoms with Gasteiger partial charge in [-0.25, -0.2) is 0 Å². The Bertz CT molecular complexity index is 1200. The van der Waals surface area contributed by atoms with Crippen LogP contribution in [0.1, 0.15) is 45.6 Å². The van der Waals surface area contributed by atoms with E-state index in [0.717, 1.165) is 53.4 Å². The van der Waals surface area contributed by atoms with Crippen molar-refractivity contribution in [3.05, 3.63) is 70.4 Å². The first kappa shape index (κ1) is 20.4. The molecule has 0 aliphatic heterocycles. The first-order valence-corrected chi connectivity index (χ1v) is 10.2. The van der Waals surface area contributed by atoms with Crippen molar-refractivity contribution in [3.63, 3.8) is 0 Å². The number of pyridine rings is 1. The third-order valence-corrected chi connectivity index (χ3v) is 5.31. The van der Waals surface area contributed by atoms with Crippen molar-refractivity contribution in [2.24, 2.45) is 0 Å². The predicted octanol–water partition coefficient (Wildman–Crippen LogP) is 3.13. The maximum atomic E-state index is 13.1. The molecule has 1 aliphatic rings. The Morgan fingerprint density at radius 3 is 2.65 bits per heavy atom. The zero-order valence-corrected chi connectivity index (χ0v) is 17.2. The Hall–Kier alpha value is -3.92. The molecule has 0 atom stereocenters. The van der Waals surface area contributed by atoms with E-state index in [1.807, 2.05) is 31.2 Å².